The van der Waals surface area contributed by atoms with E-state index in [1.54, 1.807) is 13.8 Å². The van der Waals surface area contributed by atoms with Gasteiger partial charge in [-0.2, -0.15) is 0 Å². The molecule has 0 aromatic carbocycles. The fourth-order valence-corrected chi connectivity index (χ4v) is 1.82. The van der Waals surface area contributed by atoms with Crippen LogP contribution in [-0.4, -0.2) is 55.7 Å². The number of likely N-dealkylation sites (N-methyl/N-ethyl adjacent to an activating group) is 1. The minimum atomic E-state index is -0.798. The number of hydrogen-bond donors (Lipinski definition) is 2. The number of rotatable bonds is 6. The zero-order valence-corrected chi connectivity index (χ0v) is 11.2. The standard InChI is InChI=1S/C12H25N3O2/c1-12(2,13)11(16)14-6-7-15(3)9-10-5-4-8-17-10/h10H,4-9,13H2,1-3H3,(H,14,16). The summed E-state index contributed by atoms with van der Waals surface area (Å²) in [5.74, 6) is -0.108. The maximum absolute atomic E-state index is 11.5. The Morgan fingerprint density at radius 3 is 2.82 bits per heavy atom. The van der Waals surface area contributed by atoms with Gasteiger partial charge in [0.05, 0.1) is 11.6 Å². The lowest BCUT2D eigenvalue weighted by molar-refractivity contribution is -0.125. The van der Waals surface area contributed by atoms with E-state index < -0.39 is 5.54 Å². The number of nitrogens with two attached hydrogens (primary N) is 1. The van der Waals surface area contributed by atoms with Crippen molar-refractivity contribution in [1.82, 2.24) is 10.2 Å². The Hall–Kier alpha value is -0.650. The van der Waals surface area contributed by atoms with E-state index in [0.29, 0.717) is 12.6 Å². The fourth-order valence-electron chi connectivity index (χ4n) is 1.82. The summed E-state index contributed by atoms with van der Waals surface area (Å²) in [4.78, 5) is 13.7. The third-order valence-electron chi connectivity index (χ3n) is 2.90. The second-order valence-corrected chi connectivity index (χ2v) is 5.37. The first-order valence-corrected chi connectivity index (χ1v) is 6.27. The van der Waals surface area contributed by atoms with Crippen molar-refractivity contribution < 1.29 is 9.53 Å². The van der Waals surface area contributed by atoms with E-state index in [4.69, 9.17) is 10.5 Å². The van der Waals surface area contributed by atoms with Gasteiger partial charge in [0.1, 0.15) is 0 Å². The van der Waals surface area contributed by atoms with Crippen LogP contribution in [0.1, 0.15) is 26.7 Å². The largest absolute Gasteiger partial charge is 0.377 e. The molecule has 1 unspecified atom stereocenters. The van der Waals surface area contributed by atoms with E-state index in [9.17, 15) is 4.79 Å². The topological polar surface area (TPSA) is 67.6 Å². The normalized spacial score (nSPS) is 20.9. The highest BCUT2D eigenvalue weighted by atomic mass is 16.5. The second kappa shape index (κ2) is 6.33. The first kappa shape index (κ1) is 14.4. The molecule has 1 aliphatic rings. The molecule has 1 rings (SSSR count). The Bertz CT molecular complexity index is 245. The van der Waals surface area contributed by atoms with Gasteiger partial charge in [0.25, 0.3) is 0 Å². The molecule has 5 heteroatoms. The van der Waals surface area contributed by atoms with E-state index in [0.717, 1.165) is 32.5 Å². The molecule has 1 amide bonds. The van der Waals surface area contributed by atoms with Crippen LogP contribution in [0.15, 0.2) is 0 Å². The van der Waals surface area contributed by atoms with Gasteiger partial charge in [0.2, 0.25) is 5.91 Å². The predicted octanol–water partition coefficient (Wildman–Crippen LogP) is -0.0493. The molecule has 0 aromatic heterocycles. The van der Waals surface area contributed by atoms with Crippen molar-refractivity contribution in [3.8, 4) is 0 Å². The molecule has 0 radical (unpaired) electrons. The maximum atomic E-state index is 11.5. The highest BCUT2D eigenvalue weighted by Gasteiger charge is 2.21. The molecule has 1 aliphatic heterocycles. The van der Waals surface area contributed by atoms with Crippen LogP contribution in [0.25, 0.3) is 0 Å². The van der Waals surface area contributed by atoms with Crippen LogP contribution >= 0.6 is 0 Å². The monoisotopic (exact) mass is 243 g/mol. The molecule has 0 bridgehead atoms. The molecular formula is C12H25N3O2. The lowest BCUT2D eigenvalue weighted by atomic mass is 10.1. The Kier molecular flexibility index (Phi) is 5.36. The summed E-state index contributed by atoms with van der Waals surface area (Å²) in [5.41, 5.74) is 4.88. The molecule has 0 aliphatic carbocycles. The van der Waals surface area contributed by atoms with Crippen molar-refractivity contribution in [2.75, 3.05) is 33.3 Å². The van der Waals surface area contributed by atoms with Gasteiger partial charge >= 0.3 is 0 Å². The van der Waals surface area contributed by atoms with E-state index in [1.165, 1.54) is 0 Å². The van der Waals surface area contributed by atoms with Crippen LogP contribution in [0.4, 0.5) is 0 Å². The summed E-state index contributed by atoms with van der Waals surface area (Å²) in [7, 11) is 2.04. The van der Waals surface area contributed by atoms with Gasteiger partial charge in [-0.3, -0.25) is 4.79 Å². The van der Waals surface area contributed by atoms with E-state index >= 15 is 0 Å². The van der Waals surface area contributed by atoms with Crippen LogP contribution in [0.3, 0.4) is 0 Å². The molecule has 1 heterocycles. The molecule has 0 spiro atoms. The minimum Gasteiger partial charge on any atom is -0.377 e. The van der Waals surface area contributed by atoms with Gasteiger partial charge in [-0.25, -0.2) is 0 Å². The Morgan fingerprint density at radius 2 is 2.29 bits per heavy atom. The van der Waals surface area contributed by atoms with Crippen molar-refractivity contribution in [1.29, 1.82) is 0 Å². The summed E-state index contributed by atoms with van der Waals surface area (Å²) < 4.78 is 5.56. The Balaban J connectivity index is 2.11. The van der Waals surface area contributed by atoms with Crippen LogP contribution in [0, 0.1) is 0 Å². The third kappa shape index (κ3) is 5.48. The highest BCUT2D eigenvalue weighted by molar-refractivity contribution is 5.84. The van der Waals surface area contributed by atoms with Crippen molar-refractivity contribution in [2.45, 2.75) is 38.3 Å². The van der Waals surface area contributed by atoms with Crippen molar-refractivity contribution in [3.05, 3.63) is 0 Å². The maximum Gasteiger partial charge on any atom is 0.239 e. The molecule has 1 saturated heterocycles. The zero-order valence-electron chi connectivity index (χ0n) is 11.2. The summed E-state index contributed by atoms with van der Waals surface area (Å²) in [6.45, 7) is 6.68. The fraction of sp³-hybridized carbons (Fsp3) is 0.917. The smallest absolute Gasteiger partial charge is 0.239 e. The first-order valence-electron chi connectivity index (χ1n) is 6.27. The SMILES string of the molecule is CN(CCNC(=O)C(C)(C)N)CC1CCCO1. The molecule has 5 nitrogen and oxygen atoms in total. The highest BCUT2D eigenvalue weighted by Crippen LogP contribution is 2.12. The van der Waals surface area contributed by atoms with Crippen LogP contribution < -0.4 is 11.1 Å². The minimum absolute atomic E-state index is 0.108. The predicted molar refractivity (Wildman–Crippen MR) is 67.7 cm³/mol. The van der Waals surface area contributed by atoms with Crippen molar-refractivity contribution in [3.63, 3.8) is 0 Å². The quantitative estimate of drug-likeness (QED) is 0.686. The molecular weight excluding hydrogens is 218 g/mol. The summed E-state index contributed by atoms with van der Waals surface area (Å²) in [5, 5.41) is 2.83. The van der Waals surface area contributed by atoms with Crippen LogP contribution in [0.5, 0.6) is 0 Å². The zero-order chi connectivity index (χ0) is 12.9. The Morgan fingerprint density at radius 1 is 1.59 bits per heavy atom. The number of nitrogens with zero attached hydrogens (tertiary/aromatic N) is 1. The van der Waals surface area contributed by atoms with Gasteiger partial charge in [-0.15, -0.1) is 0 Å². The summed E-state index contributed by atoms with van der Waals surface area (Å²) >= 11 is 0. The van der Waals surface area contributed by atoms with Gasteiger partial charge in [-0.1, -0.05) is 0 Å². The molecule has 100 valence electrons. The summed E-state index contributed by atoms with van der Waals surface area (Å²) in [6, 6.07) is 0. The average molecular weight is 243 g/mol. The third-order valence-corrected chi connectivity index (χ3v) is 2.90. The van der Waals surface area contributed by atoms with Crippen LogP contribution in [-0.2, 0) is 9.53 Å². The average Bonchev–Trinajstić information content (AvgIpc) is 2.68. The number of ether oxygens (including phenoxy) is 1. The molecule has 1 fully saturated rings. The van der Waals surface area contributed by atoms with E-state index in [1.807, 2.05) is 7.05 Å². The van der Waals surface area contributed by atoms with Gasteiger partial charge in [0.15, 0.2) is 0 Å². The van der Waals surface area contributed by atoms with Gasteiger partial charge in [-0.05, 0) is 33.7 Å². The van der Waals surface area contributed by atoms with Gasteiger partial charge < -0.3 is 20.7 Å². The van der Waals surface area contributed by atoms with Crippen molar-refractivity contribution in [2.24, 2.45) is 5.73 Å². The number of hydrogen-bond acceptors (Lipinski definition) is 4. The molecule has 3 N–H and O–H groups in total. The first-order chi connectivity index (χ1) is 7.89. The van der Waals surface area contributed by atoms with E-state index in [2.05, 4.69) is 10.2 Å². The number of amides is 1. The lowest BCUT2D eigenvalue weighted by Crippen LogP contribution is -2.50. The van der Waals surface area contributed by atoms with E-state index in [-0.39, 0.29) is 5.91 Å². The molecule has 1 atom stereocenters. The molecule has 0 aromatic rings. The van der Waals surface area contributed by atoms with Crippen LogP contribution in [0.2, 0.25) is 0 Å². The lowest BCUT2D eigenvalue weighted by Gasteiger charge is -2.22. The number of carbonyl (C=O) groups is 1. The molecule has 0 saturated carbocycles. The summed E-state index contributed by atoms with van der Waals surface area (Å²) in [6.07, 6.45) is 2.67. The second-order valence-electron chi connectivity index (χ2n) is 5.37. The number of carbonyl (C=O) groups excluding carboxylic acids is 1. The van der Waals surface area contributed by atoms with Gasteiger partial charge in [0, 0.05) is 26.2 Å². The molecule has 17 heavy (non-hydrogen) atoms. The number of nitrogens with one attached hydrogen (secondary N) is 1. The Labute approximate surface area is 104 Å². The van der Waals surface area contributed by atoms with Crippen molar-refractivity contribution >= 4 is 5.91 Å².